The van der Waals surface area contributed by atoms with Crippen LogP contribution in [0.2, 0.25) is 5.02 Å². The average molecular weight is 392 g/mol. The first kappa shape index (κ1) is 18.0. The molecule has 0 fully saturated rings. The number of carbonyl (C=O) groups is 1. The van der Waals surface area contributed by atoms with E-state index >= 15 is 0 Å². The Labute approximate surface area is 155 Å². The molecule has 0 saturated heterocycles. The summed E-state index contributed by atoms with van der Waals surface area (Å²) in [4.78, 5) is 11.1. The van der Waals surface area contributed by atoms with Gasteiger partial charge in [-0.2, -0.15) is 0 Å². The molecule has 0 unspecified atom stereocenters. The van der Waals surface area contributed by atoms with Crippen LogP contribution in [0.3, 0.4) is 0 Å². The normalized spacial score (nSPS) is 11.3. The third-order valence-corrected chi connectivity index (χ3v) is 5.56. The number of hydrogen-bond acceptors (Lipinski definition) is 4. The highest BCUT2D eigenvalue weighted by Crippen LogP contribution is 2.33. The number of rotatable bonds is 5. The minimum atomic E-state index is -4.01. The van der Waals surface area contributed by atoms with Crippen molar-refractivity contribution in [3.05, 3.63) is 65.2 Å². The minimum absolute atomic E-state index is 0.00790. The molecule has 0 aliphatic heterocycles. The van der Waals surface area contributed by atoms with Gasteiger partial charge < -0.3 is 9.84 Å². The Bertz CT molecular complexity index is 1110. The van der Waals surface area contributed by atoms with Gasteiger partial charge in [-0.25, -0.2) is 13.2 Å². The van der Waals surface area contributed by atoms with Crippen molar-refractivity contribution in [1.29, 1.82) is 0 Å². The van der Waals surface area contributed by atoms with Crippen molar-refractivity contribution in [1.82, 2.24) is 0 Å². The summed E-state index contributed by atoms with van der Waals surface area (Å²) in [6.07, 6.45) is 0. The van der Waals surface area contributed by atoms with Gasteiger partial charge in [-0.1, -0.05) is 35.9 Å². The van der Waals surface area contributed by atoms with Crippen LogP contribution in [-0.4, -0.2) is 26.6 Å². The zero-order valence-electron chi connectivity index (χ0n) is 13.6. The Hall–Kier alpha value is -2.77. The summed E-state index contributed by atoms with van der Waals surface area (Å²) in [7, 11) is -2.51. The maximum Gasteiger partial charge on any atom is 0.335 e. The molecule has 0 radical (unpaired) electrons. The molecule has 0 aliphatic carbocycles. The van der Waals surface area contributed by atoms with Crippen molar-refractivity contribution in [2.75, 3.05) is 11.8 Å². The van der Waals surface area contributed by atoms with Crippen LogP contribution in [0.4, 0.5) is 5.69 Å². The van der Waals surface area contributed by atoms with Crippen molar-refractivity contribution in [2.24, 2.45) is 0 Å². The monoisotopic (exact) mass is 391 g/mol. The van der Waals surface area contributed by atoms with Crippen LogP contribution in [0, 0.1) is 0 Å². The van der Waals surface area contributed by atoms with Crippen LogP contribution in [0.15, 0.2) is 59.5 Å². The predicted molar refractivity (Wildman–Crippen MR) is 99.7 cm³/mol. The molecular formula is C18H14ClNO5S. The SMILES string of the molecule is COc1ccc(S(=O)(=O)Nc2cc(C(=O)O)ccc2Cl)c2ccccc12. The van der Waals surface area contributed by atoms with Crippen LogP contribution < -0.4 is 9.46 Å². The standard InChI is InChI=1S/C18H14ClNO5S/c1-25-16-8-9-17(13-5-3-2-4-12(13)16)26(23,24)20-15-10-11(18(21)22)6-7-14(15)19/h2-10,20H,1H3,(H,21,22). The number of halogens is 1. The second-order valence-corrected chi connectivity index (χ2v) is 7.47. The molecule has 6 nitrogen and oxygen atoms in total. The Morgan fingerprint density at radius 3 is 2.42 bits per heavy atom. The van der Waals surface area contributed by atoms with Crippen molar-refractivity contribution in [3.8, 4) is 5.75 Å². The number of carboxylic acids is 1. The number of nitrogens with one attached hydrogen (secondary N) is 1. The van der Waals surface area contributed by atoms with Gasteiger partial charge in [-0.3, -0.25) is 4.72 Å². The van der Waals surface area contributed by atoms with E-state index in [0.29, 0.717) is 16.5 Å². The highest BCUT2D eigenvalue weighted by atomic mass is 35.5. The van der Waals surface area contributed by atoms with Crippen LogP contribution in [0.25, 0.3) is 10.8 Å². The summed E-state index contributed by atoms with van der Waals surface area (Å²) in [5.41, 5.74) is -0.0850. The number of sulfonamides is 1. The molecule has 8 heteroatoms. The molecule has 0 aliphatic rings. The average Bonchev–Trinajstić information content (AvgIpc) is 2.62. The molecular weight excluding hydrogens is 378 g/mol. The number of aromatic carboxylic acids is 1. The number of methoxy groups -OCH3 is 1. The van der Waals surface area contributed by atoms with Crippen LogP contribution in [0.5, 0.6) is 5.75 Å². The lowest BCUT2D eigenvalue weighted by atomic mass is 10.1. The summed E-state index contributed by atoms with van der Waals surface area (Å²) in [5.74, 6) is -0.637. The summed E-state index contributed by atoms with van der Waals surface area (Å²) in [5, 5.41) is 10.3. The third-order valence-electron chi connectivity index (χ3n) is 3.81. The third kappa shape index (κ3) is 3.31. The molecule has 3 aromatic carbocycles. The Morgan fingerprint density at radius 1 is 1.08 bits per heavy atom. The van der Waals surface area contributed by atoms with E-state index < -0.39 is 16.0 Å². The van der Waals surface area contributed by atoms with E-state index in [1.807, 2.05) is 0 Å². The Kier molecular flexibility index (Phi) is 4.76. The number of fused-ring (bicyclic) bond motifs is 1. The lowest BCUT2D eigenvalue weighted by Crippen LogP contribution is -2.14. The second-order valence-electron chi connectivity index (χ2n) is 5.42. The van der Waals surface area contributed by atoms with Crippen molar-refractivity contribution < 1.29 is 23.1 Å². The zero-order valence-corrected chi connectivity index (χ0v) is 15.1. The summed E-state index contributed by atoms with van der Waals surface area (Å²) in [6, 6.07) is 13.7. The molecule has 0 bridgehead atoms. The fraction of sp³-hybridized carbons (Fsp3) is 0.0556. The maximum atomic E-state index is 12.9. The molecule has 0 heterocycles. The lowest BCUT2D eigenvalue weighted by Gasteiger charge is -2.14. The van der Waals surface area contributed by atoms with Gasteiger partial charge in [0, 0.05) is 10.8 Å². The molecule has 0 atom stereocenters. The molecule has 134 valence electrons. The van der Waals surface area contributed by atoms with E-state index in [0.717, 1.165) is 0 Å². The highest BCUT2D eigenvalue weighted by Gasteiger charge is 2.21. The smallest absolute Gasteiger partial charge is 0.335 e. The molecule has 2 N–H and O–H groups in total. The van der Waals surface area contributed by atoms with E-state index in [4.69, 9.17) is 21.4 Å². The number of carboxylic acid groups (broad SMARTS) is 1. The number of ether oxygens (including phenoxy) is 1. The highest BCUT2D eigenvalue weighted by molar-refractivity contribution is 7.93. The minimum Gasteiger partial charge on any atom is -0.496 e. The van der Waals surface area contributed by atoms with E-state index in [-0.39, 0.29) is 21.2 Å². The van der Waals surface area contributed by atoms with Crippen LogP contribution in [0.1, 0.15) is 10.4 Å². The fourth-order valence-corrected chi connectivity index (χ4v) is 4.10. The Balaban J connectivity index is 2.12. The first-order valence-electron chi connectivity index (χ1n) is 7.45. The van der Waals surface area contributed by atoms with E-state index in [9.17, 15) is 13.2 Å². The van der Waals surface area contributed by atoms with Gasteiger partial charge >= 0.3 is 5.97 Å². The quantitative estimate of drug-likeness (QED) is 0.685. The largest absolute Gasteiger partial charge is 0.496 e. The van der Waals surface area contributed by atoms with Gasteiger partial charge in [0.05, 0.1) is 28.3 Å². The van der Waals surface area contributed by atoms with Gasteiger partial charge in [0.1, 0.15) is 5.75 Å². The van der Waals surface area contributed by atoms with E-state index in [1.54, 1.807) is 30.3 Å². The van der Waals surface area contributed by atoms with Crippen LogP contribution in [-0.2, 0) is 10.0 Å². The van der Waals surface area contributed by atoms with Crippen molar-refractivity contribution in [2.45, 2.75) is 4.90 Å². The molecule has 0 amide bonds. The first-order chi connectivity index (χ1) is 12.3. The van der Waals surface area contributed by atoms with Crippen molar-refractivity contribution in [3.63, 3.8) is 0 Å². The van der Waals surface area contributed by atoms with Crippen LogP contribution >= 0.6 is 11.6 Å². The summed E-state index contributed by atoms with van der Waals surface area (Å²) < 4.78 is 33.4. The van der Waals surface area contributed by atoms with Gasteiger partial charge in [0.2, 0.25) is 0 Å². The summed E-state index contributed by atoms with van der Waals surface area (Å²) in [6.45, 7) is 0. The second kappa shape index (κ2) is 6.86. The predicted octanol–water partition coefficient (Wildman–Crippen LogP) is 4.00. The van der Waals surface area contributed by atoms with E-state index in [2.05, 4.69) is 4.72 Å². The number of hydrogen-bond donors (Lipinski definition) is 2. The van der Waals surface area contributed by atoms with Crippen molar-refractivity contribution >= 4 is 44.1 Å². The van der Waals surface area contributed by atoms with E-state index in [1.165, 1.54) is 31.4 Å². The van der Waals surface area contributed by atoms with Gasteiger partial charge in [-0.15, -0.1) is 0 Å². The van der Waals surface area contributed by atoms with Gasteiger partial charge in [0.25, 0.3) is 10.0 Å². The van der Waals surface area contributed by atoms with Gasteiger partial charge in [0.15, 0.2) is 0 Å². The molecule has 3 aromatic rings. The molecule has 3 rings (SSSR count). The van der Waals surface area contributed by atoms with Gasteiger partial charge in [-0.05, 0) is 30.3 Å². The number of benzene rings is 3. The number of anilines is 1. The molecule has 0 spiro atoms. The molecule has 0 saturated carbocycles. The maximum absolute atomic E-state index is 12.9. The lowest BCUT2D eigenvalue weighted by molar-refractivity contribution is 0.0697. The fourth-order valence-electron chi connectivity index (χ4n) is 2.59. The molecule has 0 aromatic heterocycles. The first-order valence-corrected chi connectivity index (χ1v) is 9.31. The molecule has 26 heavy (non-hydrogen) atoms. The zero-order chi connectivity index (χ0) is 18.9. The summed E-state index contributed by atoms with van der Waals surface area (Å²) >= 11 is 6.02. The Morgan fingerprint density at radius 2 is 1.77 bits per heavy atom. The topological polar surface area (TPSA) is 92.7 Å².